The van der Waals surface area contributed by atoms with E-state index in [0.29, 0.717) is 11.0 Å². The smallest absolute Gasteiger partial charge is 0.322 e. The van der Waals surface area contributed by atoms with Gasteiger partial charge in [0.05, 0.1) is 11.0 Å². The third kappa shape index (κ3) is 2.61. The monoisotopic (exact) mass is 360 g/mol. The van der Waals surface area contributed by atoms with E-state index >= 15 is 0 Å². The number of fused-ring (bicyclic) bond motifs is 3. The number of carbonyl (C=O) groups is 2. The van der Waals surface area contributed by atoms with Crippen molar-refractivity contribution in [1.29, 1.82) is 0 Å². The van der Waals surface area contributed by atoms with Gasteiger partial charge in [0.25, 0.3) is 11.5 Å². The van der Waals surface area contributed by atoms with E-state index in [1.54, 1.807) is 13.8 Å². The standard InChI is InChI=1S/C16H16N4O6/c1-7(2)19-16(26)12(15(25)17-6-11(22)23)13(24)14-18-9-5-8(21)3-4-10(9)20(14)19/h3-5,7,21,24H,6H2,1-2H3,(H,17,25)(H,22,23). The van der Waals surface area contributed by atoms with Gasteiger partial charge in [-0.15, -0.1) is 0 Å². The first kappa shape index (κ1) is 17.3. The first-order chi connectivity index (χ1) is 12.2. The minimum atomic E-state index is -1.29. The molecular formula is C16H16N4O6. The second kappa shape index (κ2) is 6.06. The summed E-state index contributed by atoms with van der Waals surface area (Å²) in [6.07, 6.45) is 0. The molecule has 10 nitrogen and oxygen atoms in total. The highest BCUT2D eigenvalue weighted by Crippen LogP contribution is 2.27. The molecule has 0 saturated heterocycles. The zero-order valence-corrected chi connectivity index (χ0v) is 13.9. The molecule has 0 spiro atoms. The molecule has 0 unspecified atom stereocenters. The van der Waals surface area contributed by atoms with Crippen molar-refractivity contribution < 1.29 is 24.9 Å². The van der Waals surface area contributed by atoms with Crippen LogP contribution in [-0.4, -0.2) is 47.9 Å². The number of aliphatic carboxylic acids is 1. The fourth-order valence-electron chi connectivity index (χ4n) is 2.76. The molecule has 1 amide bonds. The second-order valence-electron chi connectivity index (χ2n) is 5.96. The number of aromatic hydroxyl groups is 2. The Morgan fingerprint density at radius 2 is 1.96 bits per heavy atom. The average molecular weight is 360 g/mol. The van der Waals surface area contributed by atoms with E-state index in [0.717, 1.165) is 0 Å². The quantitative estimate of drug-likeness (QED) is 0.528. The number of phenols is 1. The number of nitrogens with zero attached hydrogens (tertiary/aromatic N) is 3. The molecule has 3 rings (SSSR count). The Hall–Kier alpha value is -3.56. The van der Waals surface area contributed by atoms with E-state index in [9.17, 15) is 24.6 Å². The molecule has 0 aliphatic rings. The number of carboxylic acids is 1. The molecule has 26 heavy (non-hydrogen) atoms. The van der Waals surface area contributed by atoms with Crippen molar-refractivity contribution in [2.45, 2.75) is 19.9 Å². The zero-order chi connectivity index (χ0) is 19.2. The number of aromatic nitrogens is 3. The molecule has 0 bridgehead atoms. The van der Waals surface area contributed by atoms with Gasteiger partial charge in [0.1, 0.15) is 12.3 Å². The first-order valence-electron chi connectivity index (χ1n) is 7.71. The number of imidazole rings is 1. The molecule has 3 aromatic rings. The maximum absolute atomic E-state index is 12.8. The minimum Gasteiger partial charge on any atom is -0.508 e. The molecular weight excluding hydrogens is 344 g/mol. The fraction of sp³-hybridized carbons (Fsp3) is 0.250. The average Bonchev–Trinajstić information content (AvgIpc) is 2.91. The highest BCUT2D eigenvalue weighted by Gasteiger charge is 2.26. The van der Waals surface area contributed by atoms with Crippen molar-refractivity contribution in [3.05, 3.63) is 34.1 Å². The van der Waals surface area contributed by atoms with Crippen LogP contribution in [0.4, 0.5) is 0 Å². The van der Waals surface area contributed by atoms with E-state index in [4.69, 9.17) is 5.11 Å². The summed E-state index contributed by atoms with van der Waals surface area (Å²) in [5, 5.41) is 30.8. The Morgan fingerprint density at radius 1 is 1.27 bits per heavy atom. The Bertz CT molecular complexity index is 1110. The Labute approximate surface area is 145 Å². The van der Waals surface area contributed by atoms with Crippen molar-refractivity contribution in [2.24, 2.45) is 0 Å². The lowest BCUT2D eigenvalue weighted by Gasteiger charge is -2.16. The molecule has 0 saturated carbocycles. The molecule has 4 N–H and O–H groups in total. The predicted molar refractivity (Wildman–Crippen MR) is 90.6 cm³/mol. The van der Waals surface area contributed by atoms with Crippen LogP contribution in [0.25, 0.3) is 16.7 Å². The van der Waals surface area contributed by atoms with Crippen molar-refractivity contribution in [1.82, 2.24) is 19.5 Å². The normalized spacial score (nSPS) is 11.3. The minimum absolute atomic E-state index is 0.0433. The summed E-state index contributed by atoms with van der Waals surface area (Å²) < 4.78 is 2.60. The molecule has 0 aliphatic carbocycles. The number of amides is 1. The number of nitrogens with one attached hydrogen (secondary N) is 1. The van der Waals surface area contributed by atoms with Crippen LogP contribution in [0.5, 0.6) is 11.5 Å². The van der Waals surface area contributed by atoms with E-state index < -0.39 is 41.3 Å². The van der Waals surface area contributed by atoms with Gasteiger partial charge in [-0.05, 0) is 26.0 Å². The molecule has 10 heteroatoms. The lowest BCUT2D eigenvalue weighted by molar-refractivity contribution is -0.135. The van der Waals surface area contributed by atoms with E-state index in [1.165, 1.54) is 27.4 Å². The second-order valence-corrected chi connectivity index (χ2v) is 5.96. The van der Waals surface area contributed by atoms with Gasteiger partial charge in [-0.2, -0.15) is 0 Å². The van der Waals surface area contributed by atoms with Crippen LogP contribution < -0.4 is 10.9 Å². The maximum Gasteiger partial charge on any atom is 0.322 e. The van der Waals surface area contributed by atoms with Crippen LogP contribution in [0.15, 0.2) is 23.0 Å². The van der Waals surface area contributed by atoms with Gasteiger partial charge in [-0.25, -0.2) is 14.2 Å². The number of hydrogen-bond acceptors (Lipinski definition) is 6. The Kier molecular flexibility index (Phi) is 4.03. The van der Waals surface area contributed by atoms with Gasteiger partial charge < -0.3 is 20.6 Å². The fourth-order valence-corrected chi connectivity index (χ4v) is 2.76. The van der Waals surface area contributed by atoms with Crippen LogP contribution in [0.2, 0.25) is 0 Å². The molecule has 1 aromatic carbocycles. The zero-order valence-electron chi connectivity index (χ0n) is 13.9. The highest BCUT2D eigenvalue weighted by atomic mass is 16.4. The lowest BCUT2D eigenvalue weighted by Crippen LogP contribution is -2.38. The van der Waals surface area contributed by atoms with Crippen LogP contribution in [-0.2, 0) is 4.79 Å². The van der Waals surface area contributed by atoms with E-state index in [-0.39, 0.29) is 11.4 Å². The number of benzene rings is 1. The molecule has 0 atom stereocenters. The molecule has 0 aliphatic heterocycles. The predicted octanol–water partition coefficient (Wildman–Crippen LogP) is 0.456. The van der Waals surface area contributed by atoms with Crippen LogP contribution >= 0.6 is 0 Å². The SMILES string of the molecule is CC(C)n1c(=O)c(C(=O)NCC(=O)O)c(O)c2nc3cc(O)ccc3n21. The van der Waals surface area contributed by atoms with Crippen molar-refractivity contribution in [3.63, 3.8) is 0 Å². The maximum atomic E-state index is 12.8. The van der Waals surface area contributed by atoms with E-state index in [1.807, 2.05) is 0 Å². The summed E-state index contributed by atoms with van der Waals surface area (Å²) in [5.74, 6) is -3.00. The third-order valence-electron chi connectivity index (χ3n) is 3.82. The molecule has 0 fully saturated rings. The van der Waals surface area contributed by atoms with Gasteiger partial charge in [-0.1, -0.05) is 0 Å². The number of hydrogen-bond donors (Lipinski definition) is 4. The molecule has 2 heterocycles. The lowest BCUT2D eigenvalue weighted by atomic mass is 10.2. The highest BCUT2D eigenvalue weighted by molar-refractivity contribution is 6.00. The van der Waals surface area contributed by atoms with Crippen molar-refractivity contribution in [3.8, 4) is 11.5 Å². The summed E-state index contributed by atoms with van der Waals surface area (Å²) in [6.45, 7) is 2.72. The van der Waals surface area contributed by atoms with Crippen LogP contribution in [0.3, 0.4) is 0 Å². The van der Waals surface area contributed by atoms with Crippen molar-refractivity contribution in [2.75, 3.05) is 6.54 Å². The Morgan fingerprint density at radius 3 is 2.58 bits per heavy atom. The summed E-state index contributed by atoms with van der Waals surface area (Å²) in [5.41, 5.74) is -0.666. The van der Waals surface area contributed by atoms with Gasteiger partial charge in [0, 0.05) is 12.1 Å². The number of carboxylic acid groups (broad SMARTS) is 1. The van der Waals surface area contributed by atoms with Crippen LogP contribution in [0, 0.1) is 0 Å². The Balaban J connectivity index is 2.38. The first-order valence-corrected chi connectivity index (χ1v) is 7.71. The van der Waals surface area contributed by atoms with Gasteiger partial charge in [-0.3, -0.25) is 14.4 Å². The molecule has 136 valence electrons. The summed E-state index contributed by atoms with van der Waals surface area (Å²) in [6, 6.07) is 3.91. The molecule has 2 aromatic heterocycles. The topological polar surface area (TPSA) is 146 Å². The van der Waals surface area contributed by atoms with Crippen LogP contribution in [0.1, 0.15) is 30.2 Å². The van der Waals surface area contributed by atoms with Gasteiger partial charge in [0.15, 0.2) is 17.0 Å². The number of carbonyl (C=O) groups excluding carboxylic acids is 1. The molecule has 0 radical (unpaired) electrons. The summed E-state index contributed by atoms with van der Waals surface area (Å²) in [4.78, 5) is 39.9. The van der Waals surface area contributed by atoms with E-state index in [2.05, 4.69) is 10.3 Å². The summed E-state index contributed by atoms with van der Waals surface area (Å²) in [7, 11) is 0. The van der Waals surface area contributed by atoms with Gasteiger partial charge >= 0.3 is 5.97 Å². The largest absolute Gasteiger partial charge is 0.508 e. The number of rotatable bonds is 4. The number of phenolic OH excluding ortho intramolecular Hbond substituents is 1. The van der Waals surface area contributed by atoms with Gasteiger partial charge in [0.2, 0.25) is 0 Å². The third-order valence-corrected chi connectivity index (χ3v) is 3.82. The summed E-state index contributed by atoms with van der Waals surface area (Å²) >= 11 is 0. The van der Waals surface area contributed by atoms with Crippen molar-refractivity contribution >= 4 is 28.6 Å².